The zero-order valence-corrected chi connectivity index (χ0v) is 10.7. The van der Waals surface area contributed by atoms with Crippen LogP contribution in [0.4, 0.5) is 5.69 Å². The van der Waals surface area contributed by atoms with Gasteiger partial charge in [-0.3, -0.25) is 0 Å². The van der Waals surface area contributed by atoms with Crippen molar-refractivity contribution in [2.45, 2.75) is 26.7 Å². The molecule has 92 valence electrons. The second kappa shape index (κ2) is 4.78. The fourth-order valence-electron chi connectivity index (χ4n) is 2.05. The molecule has 0 amide bonds. The van der Waals surface area contributed by atoms with Gasteiger partial charge in [0.15, 0.2) is 5.96 Å². The van der Waals surface area contributed by atoms with Gasteiger partial charge in [-0.25, -0.2) is 4.99 Å². The summed E-state index contributed by atoms with van der Waals surface area (Å²) < 4.78 is 0. The number of para-hydroxylation sites is 1. The number of piperidine rings is 1. The van der Waals surface area contributed by atoms with Crippen LogP contribution in [0, 0.1) is 5.41 Å². The van der Waals surface area contributed by atoms with Gasteiger partial charge in [-0.1, -0.05) is 32.0 Å². The largest absolute Gasteiger partial charge is 0.369 e. The molecule has 1 aliphatic heterocycles. The molecule has 0 bridgehead atoms. The van der Waals surface area contributed by atoms with E-state index in [4.69, 9.17) is 5.73 Å². The first kappa shape index (κ1) is 12.0. The van der Waals surface area contributed by atoms with E-state index >= 15 is 0 Å². The Balaban J connectivity index is 2.02. The van der Waals surface area contributed by atoms with E-state index in [1.54, 1.807) is 0 Å². The lowest BCUT2D eigenvalue weighted by Crippen LogP contribution is -2.44. The van der Waals surface area contributed by atoms with Crippen molar-refractivity contribution < 1.29 is 0 Å². The Morgan fingerprint density at radius 1 is 1.18 bits per heavy atom. The summed E-state index contributed by atoms with van der Waals surface area (Å²) in [5.41, 5.74) is 7.42. The molecule has 0 saturated carbocycles. The molecule has 1 aliphatic rings. The van der Waals surface area contributed by atoms with Gasteiger partial charge in [0.25, 0.3) is 0 Å². The monoisotopic (exact) mass is 231 g/mol. The van der Waals surface area contributed by atoms with Crippen LogP contribution in [-0.4, -0.2) is 23.9 Å². The van der Waals surface area contributed by atoms with Crippen LogP contribution < -0.4 is 5.73 Å². The lowest BCUT2D eigenvalue weighted by Gasteiger charge is -2.37. The van der Waals surface area contributed by atoms with Crippen LogP contribution in [0.3, 0.4) is 0 Å². The fraction of sp³-hybridized carbons (Fsp3) is 0.500. The zero-order valence-electron chi connectivity index (χ0n) is 10.7. The Bertz CT molecular complexity index is 385. The molecule has 1 aromatic rings. The van der Waals surface area contributed by atoms with Gasteiger partial charge < -0.3 is 10.6 Å². The van der Waals surface area contributed by atoms with Crippen molar-refractivity contribution in [1.82, 2.24) is 4.90 Å². The molecule has 0 aliphatic carbocycles. The van der Waals surface area contributed by atoms with Crippen molar-refractivity contribution in [1.29, 1.82) is 0 Å². The van der Waals surface area contributed by atoms with Crippen molar-refractivity contribution in [3.8, 4) is 0 Å². The summed E-state index contributed by atoms with van der Waals surface area (Å²) in [4.78, 5) is 6.63. The predicted octanol–water partition coefficient (Wildman–Crippen LogP) is 2.75. The minimum absolute atomic E-state index is 0.448. The molecule has 2 rings (SSSR count). The summed E-state index contributed by atoms with van der Waals surface area (Å²) in [5, 5.41) is 0. The molecule has 2 N–H and O–H groups in total. The van der Waals surface area contributed by atoms with Crippen LogP contribution in [-0.2, 0) is 0 Å². The minimum Gasteiger partial charge on any atom is -0.369 e. The smallest absolute Gasteiger partial charge is 0.196 e. The Hall–Kier alpha value is -1.51. The molecule has 0 aromatic heterocycles. The van der Waals surface area contributed by atoms with E-state index in [9.17, 15) is 0 Å². The third-order valence-corrected chi connectivity index (χ3v) is 3.44. The normalized spacial score (nSPS) is 20.4. The average Bonchev–Trinajstić information content (AvgIpc) is 2.30. The third-order valence-electron chi connectivity index (χ3n) is 3.44. The fourth-order valence-corrected chi connectivity index (χ4v) is 2.05. The predicted molar refractivity (Wildman–Crippen MR) is 72.3 cm³/mol. The van der Waals surface area contributed by atoms with E-state index in [0.717, 1.165) is 18.8 Å². The number of guanidine groups is 1. The second-order valence-electron chi connectivity index (χ2n) is 5.46. The Morgan fingerprint density at radius 3 is 2.35 bits per heavy atom. The van der Waals surface area contributed by atoms with Crippen molar-refractivity contribution in [2.24, 2.45) is 16.1 Å². The number of hydrogen-bond donors (Lipinski definition) is 1. The van der Waals surface area contributed by atoms with Crippen molar-refractivity contribution >= 4 is 11.6 Å². The molecular weight excluding hydrogens is 210 g/mol. The first-order valence-electron chi connectivity index (χ1n) is 6.21. The number of aliphatic imine (C=N–C) groups is 1. The topological polar surface area (TPSA) is 41.6 Å². The molecule has 0 atom stereocenters. The van der Waals surface area contributed by atoms with Crippen molar-refractivity contribution in [2.75, 3.05) is 13.1 Å². The van der Waals surface area contributed by atoms with Gasteiger partial charge in [-0.2, -0.15) is 0 Å². The molecule has 1 fully saturated rings. The SMILES string of the molecule is CC1(C)CCN(C(N)=Nc2ccccc2)CC1. The second-order valence-corrected chi connectivity index (χ2v) is 5.46. The summed E-state index contributed by atoms with van der Waals surface area (Å²) >= 11 is 0. The number of nitrogens with zero attached hydrogens (tertiary/aromatic N) is 2. The third kappa shape index (κ3) is 3.22. The van der Waals surface area contributed by atoms with E-state index in [1.165, 1.54) is 12.8 Å². The lowest BCUT2D eigenvalue weighted by atomic mass is 9.83. The number of nitrogens with two attached hydrogens (primary N) is 1. The van der Waals surface area contributed by atoms with E-state index < -0.39 is 0 Å². The van der Waals surface area contributed by atoms with Gasteiger partial charge in [0.1, 0.15) is 0 Å². The van der Waals surface area contributed by atoms with Crippen LogP contribution in [0.15, 0.2) is 35.3 Å². The van der Waals surface area contributed by atoms with Gasteiger partial charge in [0, 0.05) is 13.1 Å². The van der Waals surface area contributed by atoms with E-state index in [1.807, 2.05) is 30.3 Å². The number of benzene rings is 1. The van der Waals surface area contributed by atoms with Crippen LogP contribution in [0.5, 0.6) is 0 Å². The molecule has 0 unspecified atom stereocenters. The average molecular weight is 231 g/mol. The van der Waals surface area contributed by atoms with Crippen LogP contribution in [0.25, 0.3) is 0 Å². The Morgan fingerprint density at radius 2 is 1.76 bits per heavy atom. The van der Waals surface area contributed by atoms with Crippen molar-refractivity contribution in [3.05, 3.63) is 30.3 Å². The maximum absolute atomic E-state index is 6.04. The molecule has 3 nitrogen and oxygen atoms in total. The standard InChI is InChI=1S/C14H21N3/c1-14(2)8-10-17(11-9-14)13(15)16-12-6-4-3-5-7-12/h3-7H,8-11H2,1-2H3,(H2,15,16). The lowest BCUT2D eigenvalue weighted by molar-refractivity contribution is 0.187. The van der Waals surface area contributed by atoms with Gasteiger partial charge in [-0.05, 0) is 30.4 Å². The van der Waals surface area contributed by atoms with Crippen LogP contribution in [0.2, 0.25) is 0 Å². The highest BCUT2D eigenvalue weighted by molar-refractivity contribution is 5.81. The van der Waals surface area contributed by atoms with Crippen molar-refractivity contribution in [3.63, 3.8) is 0 Å². The zero-order chi connectivity index (χ0) is 12.3. The molecule has 1 saturated heterocycles. The van der Waals surface area contributed by atoms with E-state index in [0.29, 0.717) is 11.4 Å². The molecule has 1 aromatic carbocycles. The summed E-state index contributed by atoms with van der Waals surface area (Å²) in [6, 6.07) is 9.89. The van der Waals surface area contributed by atoms with Crippen LogP contribution >= 0.6 is 0 Å². The highest BCUT2D eigenvalue weighted by atomic mass is 15.3. The first-order valence-corrected chi connectivity index (χ1v) is 6.21. The van der Waals surface area contributed by atoms with E-state index in [-0.39, 0.29) is 0 Å². The molecule has 0 radical (unpaired) electrons. The van der Waals surface area contributed by atoms with E-state index in [2.05, 4.69) is 23.7 Å². The maximum Gasteiger partial charge on any atom is 0.196 e. The maximum atomic E-state index is 6.04. The highest BCUT2D eigenvalue weighted by Crippen LogP contribution is 2.29. The molecule has 0 spiro atoms. The number of rotatable bonds is 1. The molecule has 17 heavy (non-hydrogen) atoms. The summed E-state index contributed by atoms with van der Waals surface area (Å²) in [5.74, 6) is 0.645. The molecule has 3 heteroatoms. The quantitative estimate of drug-likeness (QED) is 0.596. The molecule has 1 heterocycles. The number of likely N-dealkylation sites (tertiary alicyclic amines) is 1. The van der Waals surface area contributed by atoms with Crippen LogP contribution in [0.1, 0.15) is 26.7 Å². The highest BCUT2D eigenvalue weighted by Gasteiger charge is 2.26. The van der Waals surface area contributed by atoms with Gasteiger partial charge >= 0.3 is 0 Å². The minimum atomic E-state index is 0.448. The Kier molecular flexibility index (Phi) is 3.36. The van der Waals surface area contributed by atoms with Gasteiger partial charge in [0.2, 0.25) is 0 Å². The Labute approximate surface area is 103 Å². The first-order chi connectivity index (χ1) is 8.07. The summed E-state index contributed by atoms with van der Waals surface area (Å²) in [6.45, 7) is 6.65. The summed E-state index contributed by atoms with van der Waals surface area (Å²) in [6.07, 6.45) is 2.36. The number of hydrogen-bond acceptors (Lipinski definition) is 1. The molecular formula is C14H21N3. The summed E-state index contributed by atoms with van der Waals surface area (Å²) in [7, 11) is 0. The van der Waals surface area contributed by atoms with Gasteiger partial charge in [-0.15, -0.1) is 0 Å². The van der Waals surface area contributed by atoms with Gasteiger partial charge in [0.05, 0.1) is 5.69 Å².